The number of hydrogen-bond acceptors (Lipinski definition) is 6. The van der Waals surface area contributed by atoms with Gasteiger partial charge in [-0.1, -0.05) is 0 Å². The van der Waals surface area contributed by atoms with Gasteiger partial charge in [-0.3, -0.25) is 4.98 Å². The van der Waals surface area contributed by atoms with Crippen molar-refractivity contribution < 1.29 is 27.8 Å². The first-order valence-electron chi connectivity index (χ1n) is 7.21. The lowest BCUT2D eigenvalue weighted by Gasteiger charge is -2.30. The summed E-state index contributed by atoms with van der Waals surface area (Å²) in [4.78, 5) is 15.3. The van der Waals surface area contributed by atoms with Gasteiger partial charge in [0, 0.05) is 18.1 Å². The smallest absolute Gasteiger partial charge is 0.334 e. The number of rotatable bonds is 4. The van der Waals surface area contributed by atoms with Gasteiger partial charge in [0.15, 0.2) is 6.10 Å². The minimum atomic E-state index is -3.91. The number of hydrogen-bond donors (Lipinski definition) is 1. The molecular formula is C15H16N2O6S. The molecule has 0 saturated carbocycles. The number of ether oxygens (including phenoxy) is 2. The standard InChI is InChI=1S/C15H16N2O6S/c1-22-11-4-5-13(14-10(11)3-2-6-16-14)24(20,21)17-7-8-23-12(9-17)15(18)19/h2-6,12H,7-9H2,1H3,(H,18,19). The third-order valence-corrected chi connectivity index (χ3v) is 5.73. The van der Waals surface area contributed by atoms with Crippen LogP contribution in [0.1, 0.15) is 0 Å². The fraction of sp³-hybridized carbons (Fsp3) is 0.333. The van der Waals surface area contributed by atoms with E-state index in [2.05, 4.69) is 4.98 Å². The van der Waals surface area contributed by atoms with Crippen molar-refractivity contribution in [2.24, 2.45) is 0 Å². The first-order chi connectivity index (χ1) is 11.4. The SMILES string of the molecule is COc1ccc(S(=O)(=O)N2CCOC(C(=O)O)C2)c2ncccc12. The Morgan fingerprint density at radius 1 is 1.42 bits per heavy atom. The Bertz CT molecular complexity index is 883. The molecule has 3 rings (SSSR count). The summed E-state index contributed by atoms with van der Waals surface area (Å²) in [6, 6.07) is 6.40. The number of aliphatic carboxylic acids is 1. The highest BCUT2D eigenvalue weighted by Gasteiger charge is 2.35. The average Bonchev–Trinajstić information content (AvgIpc) is 2.60. The molecule has 2 aromatic rings. The number of aromatic nitrogens is 1. The second-order valence-electron chi connectivity index (χ2n) is 5.23. The molecule has 0 bridgehead atoms. The van der Waals surface area contributed by atoms with Gasteiger partial charge in [-0.25, -0.2) is 13.2 Å². The van der Waals surface area contributed by atoms with Crippen molar-refractivity contribution in [1.29, 1.82) is 0 Å². The summed E-state index contributed by atoms with van der Waals surface area (Å²) >= 11 is 0. The van der Waals surface area contributed by atoms with E-state index < -0.39 is 22.1 Å². The molecule has 0 amide bonds. The minimum Gasteiger partial charge on any atom is -0.496 e. The number of sulfonamides is 1. The Labute approximate surface area is 138 Å². The molecule has 1 unspecified atom stereocenters. The van der Waals surface area contributed by atoms with Crippen LogP contribution in [0.25, 0.3) is 10.9 Å². The van der Waals surface area contributed by atoms with E-state index in [9.17, 15) is 13.2 Å². The maximum Gasteiger partial charge on any atom is 0.334 e. The molecule has 1 fully saturated rings. The van der Waals surface area contributed by atoms with Crippen LogP contribution in [0.15, 0.2) is 35.4 Å². The van der Waals surface area contributed by atoms with Gasteiger partial charge in [-0.05, 0) is 24.3 Å². The van der Waals surface area contributed by atoms with Crippen LogP contribution in [0.3, 0.4) is 0 Å². The summed E-state index contributed by atoms with van der Waals surface area (Å²) < 4.78 is 37.4. The van der Waals surface area contributed by atoms with Gasteiger partial charge >= 0.3 is 5.97 Å². The molecule has 1 aliphatic rings. The lowest BCUT2D eigenvalue weighted by molar-refractivity contribution is -0.153. The number of carboxylic acids is 1. The summed E-state index contributed by atoms with van der Waals surface area (Å²) in [5.41, 5.74) is 0.287. The monoisotopic (exact) mass is 352 g/mol. The molecule has 1 aliphatic heterocycles. The fourth-order valence-electron chi connectivity index (χ4n) is 2.64. The topological polar surface area (TPSA) is 106 Å². The third kappa shape index (κ3) is 2.81. The molecule has 1 saturated heterocycles. The van der Waals surface area contributed by atoms with E-state index in [-0.39, 0.29) is 30.1 Å². The van der Waals surface area contributed by atoms with Gasteiger partial charge in [0.05, 0.1) is 25.8 Å². The number of morpholine rings is 1. The second kappa shape index (κ2) is 6.34. The van der Waals surface area contributed by atoms with Crippen molar-refractivity contribution in [2.75, 3.05) is 26.8 Å². The normalized spacial score (nSPS) is 19.3. The minimum absolute atomic E-state index is 0.0185. The molecule has 1 atom stereocenters. The second-order valence-corrected chi connectivity index (χ2v) is 7.13. The predicted molar refractivity (Wildman–Crippen MR) is 84.4 cm³/mol. The van der Waals surface area contributed by atoms with Gasteiger partial charge in [-0.15, -0.1) is 0 Å². The van der Waals surface area contributed by atoms with E-state index >= 15 is 0 Å². The number of fused-ring (bicyclic) bond motifs is 1. The van der Waals surface area contributed by atoms with Crippen molar-refractivity contribution in [2.45, 2.75) is 11.0 Å². The van der Waals surface area contributed by atoms with Crippen LogP contribution in [0, 0.1) is 0 Å². The Morgan fingerprint density at radius 3 is 2.92 bits per heavy atom. The Kier molecular flexibility index (Phi) is 4.39. The Hall–Kier alpha value is -2.23. The van der Waals surface area contributed by atoms with Gasteiger partial charge in [-0.2, -0.15) is 4.31 Å². The van der Waals surface area contributed by atoms with Gasteiger partial charge in [0.25, 0.3) is 0 Å². The van der Waals surface area contributed by atoms with Crippen molar-refractivity contribution in [3.8, 4) is 5.75 Å². The Balaban J connectivity index is 2.07. The molecule has 8 nitrogen and oxygen atoms in total. The molecular weight excluding hydrogens is 336 g/mol. The maximum absolute atomic E-state index is 13.0. The molecule has 1 aromatic heterocycles. The summed E-state index contributed by atoms with van der Waals surface area (Å²) in [6.07, 6.45) is 0.325. The fourth-order valence-corrected chi connectivity index (χ4v) is 4.21. The van der Waals surface area contributed by atoms with Crippen LogP contribution in [-0.2, 0) is 19.6 Å². The highest BCUT2D eigenvalue weighted by atomic mass is 32.2. The van der Waals surface area contributed by atoms with E-state index in [1.165, 1.54) is 19.4 Å². The van der Waals surface area contributed by atoms with Gasteiger partial charge in [0.2, 0.25) is 10.0 Å². The molecule has 24 heavy (non-hydrogen) atoms. The van der Waals surface area contributed by atoms with E-state index in [4.69, 9.17) is 14.6 Å². The van der Waals surface area contributed by atoms with Crippen molar-refractivity contribution >= 4 is 26.9 Å². The first-order valence-corrected chi connectivity index (χ1v) is 8.65. The van der Waals surface area contributed by atoms with Crippen LogP contribution in [0.5, 0.6) is 5.75 Å². The van der Waals surface area contributed by atoms with E-state index in [1.54, 1.807) is 18.2 Å². The van der Waals surface area contributed by atoms with Crippen LogP contribution < -0.4 is 4.74 Å². The Morgan fingerprint density at radius 2 is 2.21 bits per heavy atom. The number of carbonyl (C=O) groups is 1. The summed E-state index contributed by atoms with van der Waals surface area (Å²) in [6.45, 7) is -0.123. The summed E-state index contributed by atoms with van der Waals surface area (Å²) in [5.74, 6) is -0.671. The zero-order valence-corrected chi connectivity index (χ0v) is 13.7. The molecule has 0 radical (unpaired) electrons. The van der Waals surface area contributed by atoms with Crippen LogP contribution in [-0.4, -0.2) is 61.7 Å². The molecule has 9 heteroatoms. The molecule has 1 N–H and O–H groups in total. The maximum atomic E-state index is 13.0. The lowest BCUT2D eigenvalue weighted by Crippen LogP contribution is -2.48. The zero-order valence-electron chi connectivity index (χ0n) is 12.9. The molecule has 1 aromatic carbocycles. The van der Waals surface area contributed by atoms with Crippen molar-refractivity contribution in [1.82, 2.24) is 9.29 Å². The number of pyridine rings is 1. The van der Waals surface area contributed by atoms with E-state index in [0.29, 0.717) is 11.1 Å². The molecule has 128 valence electrons. The lowest BCUT2D eigenvalue weighted by atomic mass is 10.2. The van der Waals surface area contributed by atoms with Crippen LogP contribution >= 0.6 is 0 Å². The number of nitrogens with zero attached hydrogens (tertiary/aromatic N) is 2. The molecule has 0 spiro atoms. The van der Waals surface area contributed by atoms with Gasteiger partial charge < -0.3 is 14.6 Å². The highest BCUT2D eigenvalue weighted by Crippen LogP contribution is 2.31. The predicted octanol–water partition coefficient (Wildman–Crippen LogP) is 0.718. The van der Waals surface area contributed by atoms with Crippen LogP contribution in [0.2, 0.25) is 0 Å². The zero-order chi connectivity index (χ0) is 17.3. The van der Waals surface area contributed by atoms with E-state index in [0.717, 1.165) is 4.31 Å². The first kappa shape index (κ1) is 16.6. The largest absolute Gasteiger partial charge is 0.496 e. The van der Waals surface area contributed by atoms with Crippen molar-refractivity contribution in [3.05, 3.63) is 30.5 Å². The number of methoxy groups -OCH3 is 1. The highest BCUT2D eigenvalue weighted by molar-refractivity contribution is 7.89. The van der Waals surface area contributed by atoms with Crippen LogP contribution in [0.4, 0.5) is 0 Å². The van der Waals surface area contributed by atoms with Crippen molar-refractivity contribution in [3.63, 3.8) is 0 Å². The number of carboxylic acid groups (broad SMARTS) is 1. The average molecular weight is 352 g/mol. The quantitative estimate of drug-likeness (QED) is 0.864. The van der Waals surface area contributed by atoms with E-state index in [1.807, 2.05) is 0 Å². The molecule has 0 aliphatic carbocycles. The summed E-state index contributed by atoms with van der Waals surface area (Å²) in [5, 5.41) is 9.63. The van der Waals surface area contributed by atoms with Gasteiger partial charge in [0.1, 0.15) is 10.6 Å². The molecule has 2 heterocycles. The summed E-state index contributed by atoms with van der Waals surface area (Å²) in [7, 11) is -2.41. The number of benzene rings is 1. The third-order valence-electron chi connectivity index (χ3n) is 3.84.